The molecule has 6 heteroatoms. The van der Waals surface area contributed by atoms with Crippen LogP contribution < -0.4 is 5.32 Å². The Kier molecular flexibility index (Phi) is 7.08. The summed E-state index contributed by atoms with van der Waals surface area (Å²) in [7, 11) is -0.00309. The van der Waals surface area contributed by atoms with Crippen LogP contribution in [0.15, 0.2) is 0 Å². The third-order valence-corrected chi connectivity index (χ3v) is 3.81. The fourth-order valence-electron chi connectivity index (χ4n) is 0.970. The molecule has 15 heavy (non-hydrogen) atoms. The van der Waals surface area contributed by atoms with Gasteiger partial charge in [-0.15, -0.1) is 0 Å². The Balaban J connectivity index is 3.70. The molecule has 0 amide bonds. The predicted octanol–water partition coefficient (Wildman–Crippen LogP) is -0.108. The number of ether oxygens (including phenoxy) is 1. The predicted molar refractivity (Wildman–Crippen MR) is 61.4 cm³/mol. The normalized spacial score (nSPS) is 14.5. The van der Waals surface area contributed by atoms with Gasteiger partial charge in [0.1, 0.15) is 0 Å². The van der Waals surface area contributed by atoms with E-state index in [-0.39, 0.29) is 11.8 Å². The molecule has 0 aromatic heterocycles. The molecule has 0 aromatic rings. The van der Waals surface area contributed by atoms with Crippen molar-refractivity contribution in [2.24, 2.45) is 0 Å². The lowest BCUT2D eigenvalue weighted by molar-refractivity contribution is 0.128. The van der Waals surface area contributed by atoms with E-state index in [9.17, 15) is 8.42 Å². The highest BCUT2D eigenvalue weighted by Crippen LogP contribution is 1.93. The summed E-state index contributed by atoms with van der Waals surface area (Å²) in [5, 5.41) is 3.10. The molecule has 1 atom stereocenters. The highest BCUT2D eigenvalue weighted by atomic mass is 32.2. The van der Waals surface area contributed by atoms with Crippen LogP contribution >= 0.6 is 0 Å². The van der Waals surface area contributed by atoms with Crippen molar-refractivity contribution in [1.29, 1.82) is 0 Å². The zero-order valence-electron chi connectivity index (χ0n) is 9.99. The van der Waals surface area contributed by atoms with Crippen molar-refractivity contribution in [3.05, 3.63) is 0 Å². The maximum absolute atomic E-state index is 11.4. The van der Waals surface area contributed by atoms with Crippen molar-refractivity contribution in [3.63, 3.8) is 0 Å². The van der Waals surface area contributed by atoms with E-state index in [4.69, 9.17) is 4.74 Å². The Bertz CT molecular complexity index is 252. The minimum Gasteiger partial charge on any atom is -0.380 e. The topological polar surface area (TPSA) is 58.6 Å². The molecule has 0 aliphatic carbocycles. The smallest absolute Gasteiger partial charge is 0.214 e. The van der Waals surface area contributed by atoms with Crippen LogP contribution in [0.3, 0.4) is 0 Å². The first-order chi connectivity index (χ1) is 6.90. The van der Waals surface area contributed by atoms with Crippen LogP contribution in [0.2, 0.25) is 0 Å². The summed E-state index contributed by atoms with van der Waals surface area (Å²) in [5.74, 6) is 0.121. The molecule has 1 unspecified atom stereocenters. The molecule has 92 valence electrons. The quantitative estimate of drug-likeness (QED) is 0.641. The molecule has 5 nitrogen and oxygen atoms in total. The summed E-state index contributed by atoms with van der Waals surface area (Å²) in [6.07, 6.45) is 0. The Morgan fingerprint density at radius 1 is 1.40 bits per heavy atom. The molecule has 0 bridgehead atoms. The van der Waals surface area contributed by atoms with E-state index < -0.39 is 10.0 Å². The Labute approximate surface area is 92.8 Å². The van der Waals surface area contributed by atoms with Gasteiger partial charge in [-0.3, -0.25) is 0 Å². The maximum atomic E-state index is 11.4. The number of hydrogen-bond acceptors (Lipinski definition) is 4. The van der Waals surface area contributed by atoms with Gasteiger partial charge in [0, 0.05) is 33.3 Å². The summed E-state index contributed by atoms with van der Waals surface area (Å²) in [4.78, 5) is 0. The van der Waals surface area contributed by atoms with Gasteiger partial charge in [0.2, 0.25) is 10.0 Å². The first kappa shape index (κ1) is 14.8. The van der Waals surface area contributed by atoms with Gasteiger partial charge in [-0.2, -0.15) is 0 Å². The van der Waals surface area contributed by atoms with Crippen LogP contribution in [0.5, 0.6) is 0 Å². The van der Waals surface area contributed by atoms with Crippen LogP contribution in [0, 0.1) is 0 Å². The van der Waals surface area contributed by atoms with Crippen LogP contribution in [0.1, 0.15) is 13.8 Å². The van der Waals surface area contributed by atoms with Gasteiger partial charge < -0.3 is 10.1 Å². The van der Waals surface area contributed by atoms with Crippen molar-refractivity contribution in [2.75, 3.05) is 39.6 Å². The number of nitrogens with one attached hydrogen (secondary N) is 1. The second kappa shape index (κ2) is 7.16. The summed E-state index contributed by atoms with van der Waals surface area (Å²) >= 11 is 0. The first-order valence-corrected chi connectivity index (χ1v) is 6.72. The Morgan fingerprint density at radius 2 is 2.00 bits per heavy atom. The SMILES string of the molecule is CCOCC(C)NCCS(=O)(=O)N(C)C. The highest BCUT2D eigenvalue weighted by molar-refractivity contribution is 7.89. The van der Waals surface area contributed by atoms with Gasteiger partial charge in [0.25, 0.3) is 0 Å². The molecule has 0 fully saturated rings. The average molecular weight is 238 g/mol. The summed E-state index contributed by atoms with van der Waals surface area (Å²) < 4.78 is 29.2. The molecule has 0 aliphatic heterocycles. The van der Waals surface area contributed by atoms with Gasteiger partial charge in [-0.25, -0.2) is 12.7 Å². The first-order valence-electron chi connectivity index (χ1n) is 5.11. The van der Waals surface area contributed by atoms with Gasteiger partial charge >= 0.3 is 0 Å². The fraction of sp³-hybridized carbons (Fsp3) is 1.00. The van der Waals surface area contributed by atoms with Crippen LogP contribution in [-0.2, 0) is 14.8 Å². The second-order valence-corrected chi connectivity index (χ2v) is 5.92. The number of rotatable bonds is 8. The zero-order chi connectivity index (χ0) is 11.9. The molecule has 0 saturated carbocycles. The van der Waals surface area contributed by atoms with Crippen molar-refractivity contribution >= 4 is 10.0 Å². The maximum Gasteiger partial charge on any atom is 0.214 e. The zero-order valence-corrected chi connectivity index (χ0v) is 10.8. The summed E-state index contributed by atoms with van der Waals surface area (Å²) in [5.41, 5.74) is 0. The third-order valence-electron chi connectivity index (χ3n) is 1.98. The van der Waals surface area contributed by atoms with E-state index in [0.717, 1.165) is 0 Å². The lowest BCUT2D eigenvalue weighted by atomic mass is 10.3. The standard InChI is InChI=1S/C9H22N2O3S/c1-5-14-8-9(2)10-6-7-15(12,13)11(3)4/h9-10H,5-8H2,1-4H3. The fourth-order valence-corrected chi connectivity index (χ4v) is 1.71. The molecular formula is C9H22N2O3S. The second-order valence-electron chi connectivity index (χ2n) is 3.61. The third kappa shape index (κ3) is 6.83. The Hall–Kier alpha value is -0.170. The summed E-state index contributed by atoms with van der Waals surface area (Å²) in [6.45, 7) is 5.65. The van der Waals surface area contributed by atoms with E-state index in [1.165, 1.54) is 4.31 Å². The lowest BCUT2D eigenvalue weighted by Gasteiger charge is -2.15. The minimum absolute atomic E-state index is 0.121. The van der Waals surface area contributed by atoms with Crippen LogP contribution in [0.4, 0.5) is 0 Å². The summed E-state index contributed by atoms with van der Waals surface area (Å²) in [6, 6.07) is 0.183. The van der Waals surface area contributed by atoms with E-state index >= 15 is 0 Å². The van der Waals surface area contributed by atoms with E-state index in [1.807, 2.05) is 13.8 Å². The molecule has 0 radical (unpaired) electrons. The molecule has 0 rings (SSSR count). The molecule has 0 aliphatic rings. The van der Waals surface area contributed by atoms with Crippen LogP contribution in [0.25, 0.3) is 0 Å². The van der Waals surface area contributed by atoms with Crippen molar-refractivity contribution in [1.82, 2.24) is 9.62 Å². The van der Waals surface area contributed by atoms with Crippen molar-refractivity contribution in [2.45, 2.75) is 19.9 Å². The van der Waals surface area contributed by atoms with Crippen molar-refractivity contribution in [3.8, 4) is 0 Å². The van der Waals surface area contributed by atoms with Gasteiger partial charge in [-0.05, 0) is 13.8 Å². The Morgan fingerprint density at radius 3 is 2.47 bits per heavy atom. The molecular weight excluding hydrogens is 216 g/mol. The highest BCUT2D eigenvalue weighted by Gasteiger charge is 2.13. The van der Waals surface area contributed by atoms with E-state index in [2.05, 4.69) is 5.32 Å². The number of sulfonamides is 1. The molecule has 0 saturated heterocycles. The van der Waals surface area contributed by atoms with E-state index in [0.29, 0.717) is 19.8 Å². The van der Waals surface area contributed by atoms with Crippen molar-refractivity contribution < 1.29 is 13.2 Å². The van der Waals surface area contributed by atoms with Crippen LogP contribution in [-0.4, -0.2) is 58.4 Å². The van der Waals surface area contributed by atoms with Gasteiger partial charge in [0.15, 0.2) is 0 Å². The average Bonchev–Trinajstić information content (AvgIpc) is 2.14. The molecule has 0 spiro atoms. The lowest BCUT2D eigenvalue weighted by Crippen LogP contribution is -2.37. The monoisotopic (exact) mass is 238 g/mol. The van der Waals surface area contributed by atoms with Gasteiger partial charge in [0.05, 0.1) is 12.4 Å². The molecule has 0 aromatic carbocycles. The molecule has 1 N–H and O–H groups in total. The number of nitrogens with zero attached hydrogens (tertiary/aromatic N) is 1. The van der Waals surface area contributed by atoms with Gasteiger partial charge in [-0.1, -0.05) is 0 Å². The molecule has 0 heterocycles. The minimum atomic E-state index is -3.08. The van der Waals surface area contributed by atoms with E-state index in [1.54, 1.807) is 14.1 Å². The largest absolute Gasteiger partial charge is 0.380 e. The number of hydrogen-bond donors (Lipinski definition) is 1.